The molecule has 0 aliphatic carbocycles. The van der Waals surface area contributed by atoms with Crippen LogP contribution in [0.2, 0.25) is 0 Å². The number of benzene rings is 2. The number of aromatic nitrogens is 4. The number of nitrogens with zero attached hydrogens (tertiary/aromatic N) is 4. The van der Waals surface area contributed by atoms with E-state index in [2.05, 4.69) is 30.6 Å². The number of nitrogens with one attached hydrogen (secondary N) is 4. The summed E-state index contributed by atoms with van der Waals surface area (Å²) in [5.74, 6) is -1.15. The number of aromatic amines is 2. The highest BCUT2D eigenvalue weighted by Crippen LogP contribution is 2.22. The Morgan fingerprint density at radius 3 is 1.40 bits per heavy atom. The Labute approximate surface area is 268 Å². The molecule has 4 N–H and O–H groups in total. The topological polar surface area (TPSA) is 236 Å². The molecule has 240 valence electrons. The SMILES string of the molecule is O=C(NCc1ccccn1)c1c[nH]c2c([N+](=O)[O-])cccc2c1=O.O=C(NCc1ccccn1)c1c[nH]c2c([N+](=O)[O-])cccc2c1=O. The van der Waals surface area contributed by atoms with Gasteiger partial charge in [-0.1, -0.05) is 24.3 Å². The van der Waals surface area contributed by atoms with Crippen LogP contribution in [0.15, 0.2) is 107 Å². The lowest BCUT2D eigenvalue weighted by molar-refractivity contribution is -0.383. The molecule has 0 radical (unpaired) electrons. The lowest BCUT2D eigenvalue weighted by Crippen LogP contribution is -2.28. The van der Waals surface area contributed by atoms with Gasteiger partial charge in [-0.25, -0.2) is 0 Å². The molecule has 16 heteroatoms. The van der Waals surface area contributed by atoms with Crippen LogP contribution in [-0.4, -0.2) is 41.6 Å². The molecular formula is C32H24N8O8. The maximum absolute atomic E-state index is 12.4. The molecule has 4 aromatic heterocycles. The van der Waals surface area contributed by atoms with Crippen LogP contribution in [0.25, 0.3) is 21.8 Å². The number of nitro groups is 2. The van der Waals surface area contributed by atoms with Crippen LogP contribution in [0.3, 0.4) is 0 Å². The molecule has 0 bridgehead atoms. The van der Waals surface area contributed by atoms with Crippen LogP contribution < -0.4 is 21.5 Å². The fourth-order valence-electron chi connectivity index (χ4n) is 4.65. The number of non-ortho nitro benzene ring substituents is 2. The molecule has 0 aliphatic heterocycles. The number of H-pyrrole nitrogens is 2. The summed E-state index contributed by atoms with van der Waals surface area (Å²) in [5.41, 5.74) is -0.301. The predicted octanol–water partition coefficient (Wildman–Crippen LogP) is 3.52. The van der Waals surface area contributed by atoms with Crippen LogP contribution >= 0.6 is 0 Å². The highest BCUT2D eigenvalue weighted by atomic mass is 16.6. The van der Waals surface area contributed by atoms with Gasteiger partial charge < -0.3 is 20.6 Å². The summed E-state index contributed by atoms with van der Waals surface area (Å²) in [4.78, 5) is 83.6. The van der Waals surface area contributed by atoms with Crippen LogP contribution in [0.1, 0.15) is 32.1 Å². The second kappa shape index (κ2) is 14.3. The van der Waals surface area contributed by atoms with Gasteiger partial charge in [0.1, 0.15) is 22.2 Å². The van der Waals surface area contributed by atoms with E-state index in [0.717, 1.165) is 0 Å². The highest BCUT2D eigenvalue weighted by Gasteiger charge is 2.19. The summed E-state index contributed by atoms with van der Waals surface area (Å²) in [6.45, 7) is 0.345. The number of fused-ring (bicyclic) bond motifs is 2. The first-order valence-electron chi connectivity index (χ1n) is 14.1. The minimum Gasteiger partial charge on any atom is -0.355 e. The number of hydrogen-bond acceptors (Lipinski definition) is 10. The number of rotatable bonds is 8. The number of carbonyl (C=O) groups excluding carboxylic acids is 2. The molecule has 6 aromatic rings. The number of nitro benzene ring substituents is 2. The third kappa shape index (κ3) is 7.07. The van der Waals surface area contributed by atoms with Crippen molar-refractivity contribution in [3.63, 3.8) is 0 Å². The van der Waals surface area contributed by atoms with Gasteiger partial charge in [-0.05, 0) is 36.4 Å². The second-order valence-corrected chi connectivity index (χ2v) is 9.98. The average Bonchev–Trinajstić information content (AvgIpc) is 3.10. The lowest BCUT2D eigenvalue weighted by atomic mass is 10.1. The molecule has 16 nitrogen and oxygen atoms in total. The van der Waals surface area contributed by atoms with Crippen LogP contribution in [0.4, 0.5) is 11.4 Å². The van der Waals surface area contributed by atoms with Crippen LogP contribution in [0.5, 0.6) is 0 Å². The van der Waals surface area contributed by atoms with E-state index in [-0.39, 0.29) is 57.4 Å². The largest absolute Gasteiger partial charge is 0.355 e. The molecule has 0 unspecified atom stereocenters. The van der Waals surface area contributed by atoms with Crippen molar-refractivity contribution >= 4 is 45.0 Å². The molecule has 0 saturated carbocycles. The molecule has 0 aliphatic rings. The van der Waals surface area contributed by atoms with E-state index in [9.17, 15) is 39.4 Å². The fraction of sp³-hybridized carbons (Fsp3) is 0.0625. The van der Waals surface area contributed by atoms with Crippen LogP contribution in [0, 0.1) is 20.2 Å². The maximum Gasteiger partial charge on any atom is 0.293 e. The number of para-hydroxylation sites is 2. The van der Waals surface area contributed by atoms with Gasteiger partial charge in [-0.2, -0.15) is 0 Å². The number of amides is 2. The van der Waals surface area contributed by atoms with Gasteiger partial charge in [0, 0.05) is 36.9 Å². The van der Waals surface area contributed by atoms with Crippen molar-refractivity contribution in [3.8, 4) is 0 Å². The summed E-state index contributed by atoms with van der Waals surface area (Å²) >= 11 is 0. The van der Waals surface area contributed by atoms with E-state index in [1.54, 1.807) is 48.8 Å². The third-order valence-electron chi connectivity index (χ3n) is 6.98. The zero-order chi connectivity index (χ0) is 34.2. The first-order chi connectivity index (χ1) is 23.2. The summed E-state index contributed by atoms with van der Waals surface area (Å²) in [7, 11) is 0. The summed E-state index contributed by atoms with van der Waals surface area (Å²) in [6, 6.07) is 18.9. The van der Waals surface area contributed by atoms with Crippen molar-refractivity contribution in [3.05, 3.63) is 161 Å². The molecule has 4 heterocycles. The number of pyridine rings is 4. The van der Waals surface area contributed by atoms with E-state index in [1.165, 1.54) is 48.8 Å². The quantitative estimate of drug-likeness (QED) is 0.138. The fourth-order valence-corrected chi connectivity index (χ4v) is 4.65. The van der Waals surface area contributed by atoms with E-state index >= 15 is 0 Å². The molecule has 2 aromatic carbocycles. The lowest BCUT2D eigenvalue weighted by Gasteiger charge is -2.06. The predicted molar refractivity (Wildman–Crippen MR) is 173 cm³/mol. The summed E-state index contributed by atoms with van der Waals surface area (Å²) in [5, 5.41) is 27.4. The van der Waals surface area contributed by atoms with E-state index in [4.69, 9.17) is 0 Å². The Hall–Kier alpha value is -7.10. The molecule has 48 heavy (non-hydrogen) atoms. The Kier molecular flexibility index (Phi) is 9.65. The zero-order valence-corrected chi connectivity index (χ0v) is 24.7. The second-order valence-electron chi connectivity index (χ2n) is 9.98. The average molecular weight is 649 g/mol. The Bertz CT molecular complexity index is 2130. The normalized spacial score (nSPS) is 10.5. The van der Waals surface area contributed by atoms with Crippen molar-refractivity contribution in [2.75, 3.05) is 0 Å². The van der Waals surface area contributed by atoms with Crippen molar-refractivity contribution in [2.24, 2.45) is 0 Å². The third-order valence-corrected chi connectivity index (χ3v) is 6.98. The molecule has 0 atom stereocenters. The molecule has 2 amide bonds. The smallest absolute Gasteiger partial charge is 0.293 e. The maximum atomic E-state index is 12.4. The van der Waals surface area contributed by atoms with Crippen LogP contribution in [-0.2, 0) is 13.1 Å². The molecular weight excluding hydrogens is 624 g/mol. The highest BCUT2D eigenvalue weighted by molar-refractivity contribution is 5.99. The number of carbonyl (C=O) groups is 2. The van der Waals surface area contributed by atoms with Gasteiger partial charge in [-0.15, -0.1) is 0 Å². The van der Waals surface area contributed by atoms with Gasteiger partial charge in [0.05, 0.1) is 45.1 Å². The van der Waals surface area contributed by atoms with Gasteiger partial charge in [0.25, 0.3) is 23.2 Å². The van der Waals surface area contributed by atoms with Gasteiger partial charge in [-0.3, -0.25) is 49.4 Å². The monoisotopic (exact) mass is 648 g/mol. The summed E-state index contributed by atoms with van der Waals surface area (Å²) < 4.78 is 0. The first kappa shape index (κ1) is 32.3. The molecule has 0 fully saturated rings. The van der Waals surface area contributed by atoms with Gasteiger partial charge in [0.15, 0.2) is 0 Å². The van der Waals surface area contributed by atoms with E-state index in [1.807, 2.05) is 0 Å². The molecule has 0 saturated heterocycles. The van der Waals surface area contributed by atoms with Crippen molar-refractivity contribution in [1.82, 2.24) is 30.6 Å². The van der Waals surface area contributed by atoms with Crippen molar-refractivity contribution in [2.45, 2.75) is 13.1 Å². The number of hydrogen-bond donors (Lipinski definition) is 4. The first-order valence-corrected chi connectivity index (χ1v) is 14.1. The Morgan fingerprint density at radius 1 is 0.625 bits per heavy atom. The zero-order valence-electron chi connectivity index (χ0n) is 24.7. The Balaban J connectivity index is 0.000000188. The van der Waals surface area contributed by atoms with Crippen molar-refractivity contribution in [1.29, 1.82) is 0 Å². The van der Waals surface area contributed by atoms with Crippen molar-refractivity contribution < 1.29 is 19.4 Å². The summed E-state index contributed by atoms with van der Waals surface area (Å²) in [6.07, 6.45) is 5.57. The van der Waals surface area contributed by atoms with E-state index in [0.29, 0.717) is 11.4 Å². The van der Waals surface area contributed by atoms with E-state index < -0.39 is 32.5 Å². The standard InChI is InChI=1S/2C16H12N4O4/c2*21-15-11-5-3-6-13(20(23)24)14(11)18-9-12(15)16(22)19-8-10-4-1-2-7-17-10/h2*1-7,9H,8H2,(H,18,21)(H,19,22). The minimum atomic E-state index is -0.584. The van der Waals surface area contributed by atoms with Gasteiger partial charge >= 0.3 is 0 Å². The Morgan fingerprint density at radius 2 is 1.04 bits per heavy atom. The van der Waals surface area contributed by atoms with Gasteiger partial charge in [0.2, 0.25) is 10.9 Å². The molecule has 6 rings (SSSR count). The minimum absolute atomic E-state index is 0.0915. The molecule has 0 spiro atoms.